The van der Waals surface area contributed by atoms with Crippen LogP contribution < -0.4 is 0 Å². The summed E-state index contributed by atoms with van der Waals surface area (Å²) in [5, 5.41) is 0.842. The smallest absolute Gasteiger partial charge is 0.340 e. The van der Waals surface area contributed by atoms with Gasteiger partial charge in [-0.15, -0.1) is 11.3 Å². The van der Waals surface area contributed by atoms with E-state index in [9.17, 15) is 9.18 Å². The van der Waals surface area contributed by atoms with Crippen LogP contribution in [0.4, 0.5) is 4.39 Å². The Hall–Kier alpha value is -2.79. The van der Waals surface area contributed by atoms with Crippen molar-refractivity contribution in [2.45, 2.75) is 6.92 Å². The van der Waals surface area contributed by atoms with Crippen LogP contribution in [0.5, 0.6) is 0 Å². The minimum Gasteiger partial charge on any atom is -0.457 e. The average molecular weight is 351 g/mol. The van der Waals surface area contributed by atoms with E-state index in [4.69, 9.17) is 4.74 Å². The van der Waals surface area contributed by atoms with Crippen LogP contribution in [0.15, 0.2) is 54.6 Å². The molecular weight excluding hydrogens is 337 g/mol. The van der Waals surface area contributed by atoms with Gasteiger partial charge in [0, 0.05) is 11.1 Å². The molecule has 5 heteroatoms. The van der Waals surface area contributed by atoms with E-state index >= 15 is 0 Å². The lowest BCUT2D eigenvalue weighted by molar-refractivity contribution is -0.133. The molecule has 124 valence electrons. The van der Waals surface area contributed by atoms with Gasteiger partial charge in [-0.3, -0.25) is 0 Å². The molecule has 0 fully saturated rings. The van der Waals surface area contributed by atoms with Crippen LogP contribution in [-0.4, -0.2) is 17.6 Å². The summed E-state index contributed by atoms with van der Waals surface area (Å²) in [5.41, 5.74) is 3.83. The van der Waals surface area contributed by atoms with E-state index < -0.39 is 0 Å². The number of hydrogen-bond donors (Lipinski definition) is 0. The number of thiazole rings is 1. The van der Waals surface area contributed by atoms with E-state index in [0.29, 0.717) is 11.3 Å². The number of halogens is 1. The van der Waals surface area contributed by atoms with Crippen LogP contribution in [0.1, 0.15) is 15.4 Å². The highest BCUT2D eigenvalue weighted by Gasteiger charge is 2.31. The molecule has 1 aliphatic heterocycles. The maximum atomic E-state index is 13.3. The zero-order valence-electron chi connectivity index (χ0n) is 13.5. The number of nitrogens with zero attached hydrogens (tertiary/aromatic N) is 1. The molecule has 4 rings (SSSR count). The van der Waals surface area contributed by atoms with Crippen LogP contribution in [0.2, 0.25) is 0 Å². The fourth-order valence-electron chi connectivity index (χ4n) is 2.90. The summed E-state index contributed by atoms with van der Waals surface area (Å²) in [5.74, 6) is -0.646. The first-order chi connectivity index (χ1) is 12.1. The van der Waals surface area contributed by atoms with Gasteiger partial charge in [0.2, 0.25) is 0 Å². The summed E-state index contributed by atoms with van der Waals surface area (Å²) < 4.78 is 18.6. The van der Waals surface area contributed by atoms with Crippen molar-refractivity contribution in [3.8, 4) is 11.3 Å². The van der Waals surface area contributed by atoms with Gasteiger partial charge in [0.05, 0.1) is 21.2 Å². The first-order valence-corrected chi connectivity index (χ1v) is 8.64. The van der Waals surface area contributed by atoms with E-state index in [1.807, 2.05) is 37.3 Å². The van der Waals surface area contributed by atoms with Gasteiger partial charge in [-0.25, -0.2) is 14.2 Å². The number of aryl methyl sites for hydroxylation is 1. The number of hydrogen-bond acceptors (Lipinski definition) is 4. The van der Waals surface area contributed by atoms with Crippen molar-refractivity contribution in [3.63, 3.8) is 0 Å². The molecule has 0 unspecified atom stereocenters. The average Bonchev–Trinajstić information content (AvgIpc) is 3.19. The highest BCUT2D eigenvalue weighted by atomic mass is 32.1. The normalized spacial score (nSPS) is 14.1. The summed E-state index contributed by atoms with van der Waals surface area (Å²) in [7, 11) is 0. The lowest BCUT2D eigenvalue weighted by atomic mass is 9.99. The Morgan fingerprint density at radius 1 is 1.04 bits per heavy atom. The highest BCUT2D eigenvalue weighted by Crippen LogP contribution is 2.40. The third-order valence-electron chi connectivity index (χ3n) is 4.05. The van der Waals surface area contributed by atoms with Gasteiger partial charge in [-0.1, -0.05) is 30.3 Å². The van der Waals surface area contributed by atoms with Gasteiger partial charge in [0.25, 0.3) is 0 Å². The predicted octanol–water partition coefficient (Wildman–Crippen LogP) is 4.73. The Kier molecular flexibility index (Phi) is 3.93. The molecule has 1 aromatic heterocycles. The summed E-state index contributed by atoms with van der Waals surface area (Å²) in [6.07, 6.45) is 0. The number of ether oxygens (including phenoxy) is 1. The van der Waals surface area contributed by atoms with Crippen molar-refractivity contribution in [1.82, 2.24) is 4.98 Å². The number of cyclic esters (lactones) is 1. The zero-order chi connectivity index (χ0) is 17.4. The molecule has 0 atom stereocenters. The molecule has 0 bridgehead atoms. The van der Waals surface area contributed by atoms with Crippen molar-refractivity contribution in [2.75, 3.05) is 6.61 Å². The Morgan fingerprint density at radius 2 is 1.76 bits per heavy atom. The molecule has 0 amide bonds. The van der Waals surface area contributed by atoms with Crippen LogP contribution in [-0.2, 0) is 9.53 Å². The van der Waals surface area contributed by atoms with Crippen LogP contribution in [0, 0.1) is 12.7 Å². The molecule has 0 radical (unpaired) electrons. The second-order valence-corrected chi connectivity index (χ2v) is 6.92. The van der Waals surface area contributed by atoms with Crippen LogP contribution in [0.25, 0.3) is 22.4 Å². The minimum atomic E-state index is -0.342. The second kappa shape index (κ2) is 6.26. The first kappa shape index (κ1) is 15.7. The Labute approximate surface area is 148 Å². The van der Waals surface area contributed by atoms with E-state index in [0.717, 1.165) is 26.6 Å². The van der Waals surface area contributed by atoms with Crippen molar-refractivity contribution < 1.29 is 13.9 Å². The van der Waals surface area contributed by atoms with Crippen molar-refractivity contribution >= 4 is 28.5 Å². The molecule has 25 heavy (non-hydrogen) atoms. The summed E-state index contributed by atoms with van der Waals surface area (Å²) in [6, 6.07) is 15.9. The third-order valence-corrected chi connectivity index (χ3v) is 5.04. The molecular formula is C20H14FNO2S. The van der Waals surface area contributed by atoms with Crippen LogP contribution >= 0.6 is 11.3 Å². The molecule has 0 N–H and O–H groups in total. The summed E-state index contributed by atoms with van der Waals surface area (Å²) in [6.45, 7) is 2.14. The van der Waals surface area contributed by atoms with Gasteiger partial charge in [0.15, 0.2) is 0 Å². The standard InChI is InChI=1S/C20H14FNO2S/c1-12-22-18(14-7-9-15(21)10-8-14)19(25-12)17-16(11-24-20(17)23)13-5-3-2-4-6-13/h2-10H,11H2,1H3. The second-order valence-electron chi connectivity index (χ2n) is 5.71. The zero-order valence-corrected chi connectivity index (χ0v) is 14.3. The molecule has 0 saturated carbocycles. The van der Waals surface area contributed by atoms with Crippen molar-refractivity contribution in [1.29, 1.82) is 0 Å². The number of rotatable bonds is 3. The maximum Gasteiger partial charge on any atom is 0.340 e. The van der Waals surface area contributed by atoms with E-state index in [2.05, 4.69) is 4.98 Å². The molecule has 0 aliphatic carbocycles. The number of esters is 1. The predicted molar refractivity (Wildman–Crippen MR) is 96.5 cm³/mol. The van der Waals surface area contributed by atoms with Gasteiger partial charge in [-0.05, 0) is 36.8 Å². The van der Waals surface area contributed by atoms with Gasteiger partial charge >= 0.3 is 5.97 Å². The Morgan fingerprint density at radius 3 is 2.48 bits per heavy atom. The van der Waals surface area contributed by atoms with Crippen LogP contribution in [0.3, 0.4) is 0 Å². The van der Waals surface area contributed by atoms with E-state index in [1.165, 1.54) is 23.5 Å². The molecule has 3 aromatic rings. The quantitative estimate of drug-likeness (QED) is 0.641. The number of carbonyl (C=O) groups is 1. The topological polar surface area (TPSA) is 39.2 Å². The van der Waals surface area contributed by atoms with Gasteiger partial charge < -0.3 is 4.74 Å². The minimum absolute atomic E-state index is 0.248. The molecule has 1 aliphatic rings. The van der Waals surface area contributed by atoms with Crippen molar-refractivity contribution in [2.24, 2.45) is 0 Å². The fourth-order valence-corrected chi connectivity index (χ4v) is 3.90. The monoisotopic (exact) mass is 351 g/mol. The molecule has 0 saturated heterocycles. The largest absolute Gasteiger partial charge is 0.457 e. The number of benzene rings is 2. The lowest BCUT2D eigenvalue weighted by Crippen LogP contribution is -1.98. The Balaban J connectivity index is 1.91. The number of carbonyl (C=O) groups excluding carboxylic acids is 1. The van der Waals surface area contributed by atoms with Crippen molar-refractivity contribution in [3.05, 3.63) is 75.9 Å². The molecule has 2 aromatic carbocycles. The summed E-state index contributed by atoms with van der Waals surface area (Å²) >= 11 is 1.45. The number of aromatic nitrogens is 1. The van der Waals surface area contributed by atoms with E-state index in [1.54, 1.807) is 12.1 Å². The molecule has 3 nitrogen and oxygen atoms in total. The molecule has 0 spiro atoms. The third kappa shape index (κ3) is 2.87. The van der Waals surface area contributed by atoms with Gasteiger partial charge in [-0.2, -0.15) is 0 Å². The highest BCUT2D eigenvalue weighted by molar-refractivity contribution is 7.13. The molecule has 2 heterocycles. The van der Waals surface area contributed by atoms with E-state index in [-0.39, 0.29) is 18.4 Å². The fraction of sp³-hybridized carbons (Fsp3) is 0.100. The SMILES string of the molecule is Cc1nc(-c2ccc(F)cc2)c(C2=C(c3ccccc3)COC2=O)s1. The first-order valence-electron chi connectivity index (χ1n) is 7.83. The maximum absolute atomic E-state index is 13.3. The van der Waals surface area contributed by atoms with Gasteiger partial charge in [0.1, 0.15) is 12.4 Å². The lowest BCUT2D eigenvalue weighted by Gasteiger charge is -2.05. The Bertz CT molecular complexity index is 975. The summed E-state index contributed by atoms with van der Waals surface area (Å²) in [4.78, 5) is 17.8.